The molecular weight excluding hydrogens is 254 g/mol. The Morgan fingerprint density at radius 2 is 2.05 bits per heavy atom. The van der Waals surface area contributed by atoms with Crippen molar-refractivity contribution in [3.05, 3.63) is 51.7 Å². The first-order valence-corrected chi connectivity index (χ1v) is 7.72. The van der Waals surface area contributed by atoms with Crippen LogP contribution in [0.15, 0.2) is 36.4 Å². The third-order valence-electron chi connectivity index (χ3n) is 3.39. The zero-order chi connectivity index (χ0) is 12.9. The lowest BCUT2D eigenvalue weighted by Gasteiger charge is -2.06. The number of rotatable bonds is 6. The SMILES string of the molecule is c1ccc(OCCNCc2cc3c(s2)CCC3)cc1. The quantitative estimate of drug-likeness (QED) is 0.814. The molecule has 0 aliphatic heterocycles. The molecule has 19 heavy (non-hydrogen) atoms. The fourth-order valence-corrected chi connectivity index (χ4v) is 3.68. The van der Waals surface area contributed by atoms with Crippen LogP contribution in [0.3, 0.4) is 0 Å². The number of hydrogen-bond acceptors (Lipinski definition) is 3. The molecule has 0 saturated heterocycles. The van der Waals surface area contributed by atoms with Crippen molar-refractivity contribution >= 4 is 11.3 Å². The van der Waals surface area contributed by atoms with E-state index in [2.05, 4.69) is 11.4 Å². The van der Waals surface area contributed by atoms with Gasteiger partial charge in [-0.05, 0) is 43.0 Å². The highest BCUT2D eigenvalue weighted by molar-refractivity contribution is 7.12. The summed E-state index contributed by atoms with van der Waals surface area (Å²) in [5.74, 6) is 0.944. The summed E-state index contributed by atoms with van der Waals surface area (Å²) in [6, 6.07) is 12.3. The summed E-state index contributed by atoms with van der Waals surface area (Å²) in [6.45, 7) is 2.57. The number of nitrogens with one attached hydrogen (secondary N) is 1. The molecule has 0 bridgehead atoms. The summed E-state index contributed by atoms with van der Waals surface area (Å²) in [5, 5.41) is 3.45. The number of hydrogen-bond donors (Lipinski definition) is 1. The van der Waals surface area contributed by atoms with Crippen molar-refractivity contribution in [2.75, 3.05) is 13.2 Å². The Morgan fingerprint density at radius 3 is 2.89 bits per heavy atom. The maximum Gasteiger partial charge on any atom is 0.119 e. The van der Waals surface area contributed by atoms with Crippen LogP contribution in [-0.4, -0.2) is 13.2 Å². The topological polar surface area (TPSA) is 21.3 Å². The van der Waals surface area contributed by atoms with E-state index in [9.17, 15) is 0 Å². The number of aryl methyl sites for hydroxylation is 2. The number of thiophene rings is 1. The minimum Gasteiger partial charge on any atom is -0.492 e. The van der Waals surface area contributed by atoms with Crippen molar-refractivity contribution in [1.82, 2.24) is 5.32 Å². The number of benzene rings is 1. The highest BCUT2D eigenvalue weighted by atomic mass is 32.1. The van der Waals surface area contributed by atoms with Crippen LogP contribution in [0.2, 0.25) is 0 Å². The average molecular weight is 273 g/mol. The molecule has 1 aromatic carbocycles. The Bertz CT molecular complexity index is 499. The van der Waals surface area contributed by atoms with Gasteiger partial charge in [-0.2, -0.15) is 0 Å². The van der Waals surface area contributed by atoms with E-state index in [1.165, 1.54) is 24.1 Å². The van der Waals surface area contributed by atoms with Crippen LogP contribution in [-0.2, 0) is 19.4 Å². The van der Waals surface area contributed by atoms with Crippen molar-refractivity contribution in [3.8, 4) is 5.75 Å². The minimum absolute atomic E-state index is 0.717. The standard InChI is InChI=1S/C16H19NOS/c1-2-6-14(7-3-1)18-10-9-17-12-15-11-13-5-4-8-16(13)19-15/h1-3,6-7,11,17H,4-5,8-10,12H2. The van der Waals surface area contributed by atoms with E-state index in [0.29, 0.717) is 0 Å². The lowest BCUT2D eigenvalue weighted by atomic mass is 10.2. The van der Waals surface area contributed by atoms with E-state index >= 15 is 0 Å². The molecule has 3 rings (SSSR count). The molecule has 3 heteroatoms. The van der Waals surface area contributed by atoms with Crippen molar-refractivity contribution in [2.45, 2.75) is 25.8 Å². The van der Waals surface area contributed by atoms with Gasteiger partial charge < -0.3 is 10.1 Å². The van der Waals surface area contributed by atoms with Gasteiger partial charge >= 0.3 is 0 Å². The van der Waals surface area contributed by atoms with Crippen LogP contribution in [0.1, 0.15) is 21.7 Å². The van der Waals surface area contributed by atoms with Gasteiger partial charge in [-0.1, -0.05) is 18.2 Å². The second-order valence-electron chi connectivity index (χ2n) is 4.85. The first-order chi connectivity index (χ1) is 9.42. The maximum absolute atomic E-state index is 5.65. The van der Waals surface area contributed by atoms with Crippen LogP contribution in [0.4, 0.5) is 0 Å². The van der Waals surface area contributed by atoms with Crippen molar-refractivity contribution in [1.29, 1.82) is 0 Å². The molecule has 0 radical (unpaired) electrons. The highest BCUT2D eigenvalue weighted by Gasteiger charge is 2.14. The molecule has 1 aliphatic rings. The summed E-state index contributed by atoms with van der Waals surface area (Å²) in [6.07, 6.45) is 3.92. The first kappa shape index (κ1) is 12.7. The Hall–Kier alpha value is -1.32. The van der Waals surface area contributed by atoms with E-state index < -0.39 is 0 Å². The van der Waals surface area contributed by atoms with Gasteiger partial charge in [0.2, 0.25) is 0 Å². The minimum atomic E-state index is 0.717. The molecule has 2 aromatic rings. The second kappa shape index (κ2) is 6.22. The van der Waals surface area contributed by atoms with Crippen LogP contribution in [0.25, 0.3) is 0 Å². The molecule has 0 fully saturated rings. The molecule has 1 aromatic heterocycles. The van der Waals surface area contributed by atoms with Crippen molar-refractivity contribution < 1.29 is 4.74 Å². The molecular formula is C16H19NOS. The number of para-hydroxylation sites is 1. The predicted octanol–water partition coefficient (Wildman–Crippen LogP) is 3.41. The fourth-order valence-electron chi connectivity index (χ4n) is 2.45. The molecule has 0 amide bonds. The molecule has 2 nitrogen and oxygen atoms in total. The van der Waals surface area contributed by atoms with E-state index in [1.54, 1.807) is 10.4 Å². The van der Waals surface area contributed by atoms with Gasteiger partial charge in [0, 0.05) is 22.8 Å². The molecule has 1 aliphatic carbocycles. The predicted molar refractivity (Wildman–Crippen MR) is 80.0 cm³/mol. The summed E-state index contributed by atoms with van der Waals surface area (Å²) in [7, 11) is 0. The first-order valence-electron chi connectivity index (χ1n) is 6.91. The molecule has 0 atom stereocenters. The molecule has 1 heterocycles. The van der Waals surface area contributed by atoms with Crippen molar-refractivity contribution in [3.63, 3.8) is 0 Å². The van der Waals surface area contributed by atoms with Crippen molar-refractivity contribution in [2.24, 2.45) is 0 Å². The third-order valence-corrected chi connectivity index (χ3v) is 4.62. The van der Waals surface area contributed by atoms with E-state index in [4.69, 9.17) is 4.74 Å². The smallest absolute Gasteiger partial charge is 0.119 e. The van der Waals surface area contributed by atoms with E-state index in [-0.39, 0.29) is 0 Å². The van der Waals surface area contributed by atoms with Crippen LogP contribution < -0.4 is 10.1 Å². The fraction of sp³-hybridized carbons (Fsp3) is 0.375. The lowest BCUT2D eigenvalue weighted by molar-refractivity contribution is 0.314. The number of ether oxygens (including phenoxy) is 1. The zero-order valence-corrected chi connectivity index (χ0v) is 11.8. The molecule has 1 N–H and O–H groups in total. The third kappa shape index (κ3) is 3.37. The molecule has 0 spiro atoms. The van der Waals surface area contributed by atoms with Crippen LogP contribution in [0.5, 0.6) is 5.75 Å². The zero-order valence-electron chi connectivity index (χ0n) is 11.0. The van der Waals surface area contributed by atoms with Gasteiger partial charge in [0.05, 0.1) is 0 Å². The summed E-state index contributed by atoms with van der Waals surface area (Å²) >= 11 is 1.97. The summed E-state index contributed by atoms with van der Waals surface area (Å²) in [5.41, 5.74) is 1.59. The Kier molecular flexibility index (Phi) is 4.16. The number of fused-ring (bicyclic) bond motifs is 1. The van der Waals surface area contributed by atoms with Gasteiger partial charge in [-0.3, -0.25) is 0 Å². The Morgan fingerprint density at radius 1 is 1.16 bits per heavy atom. The highest BCUT2D eigenvalue weighted by Crippen LogP contribution is 2.30. The average Bonchev–Trinajstić information content (AvgIpc) is 3.00. The van der Waals surface area contributed by atoms with Crippen LogP contribution >= 0.6 is 11.3 Å². The molecule has 100 valence electrons. The lowest BCUT2D eigenvalue weighted by Crippen LogP contribution is -2.20. The second-order valence-corrected chi connectivity index (χ2v) is 6.07. The Balaban J connectivity index is 1.37. The van der Waals surface area contributed by atoms with Gasteiger partial charge in [0.25, 0.3) is 0 Å². The summed E-state index contributed by atoms with van der Waals surface area (Å²) in [4.78, 5) is 3.07. The van der Waals surface area contributed by atoms with Gasteiger partial charge in [-0.15, -0.1) is 11.3 Å². The van der Waals surface area contributed by atoms with Gasteiger partial charge in [0.15, 0.2) is 0 Å². The van der Waals surface area contributed by atoms with Crippen LogP contribution in [0, 0.1) is 0 Å². The largest absolute Gasteiger partial charge is 0.492 e. The van der Waals surface area contributed by atoms with Gasteiger partial charge in [0.1, 0.15) is 12.4 Å². The normalized spacial score (nSPS) is 13.5. The molecule has 0 saturated carbocycles. The maximum atomic E-state index is 5.65. The monoisotopic (exact) mass is 273 g/mol. The van der Waals surface area contributed by atoms with E-state index in [0.717, 1.165) is 25.4 Å². The van der Waals surface area contributed by atoms with E-state index in [1.807, 2.05) is 41.7 Å². The Labute approximate surface area is 118 Å². The summed E-state index contributed by atoms with van der Waals surface area (Å²) < 4.78 is 5.65. The van der Waals surface area contributed by atoms with Gasteiger partial charge in [-0.25, -0.2) is 0 Å². The molecule has 0 unspecified atom stereocenters.